The first-order chi connectivity index (χ1) is 9.33. The van der Waals surface area contributed by atoms with Gasteiger partial charge in [-0.2, -0.15) is 0 Å². The number of carbonyl (C=O) groups is 1. The Morgan fingerprint density at radius 1 is 1.40 bits per heavy atom. The summed E-state index contributed by atoms with van der Waals surface area (Å²) in [6.45, 7) is 6.05. The van der Waals surface area contributed by atoms with Gasteiger partial charge in [-0.15, -0.1) is 0 Å². The van der Waals surface area contributed by atoms with Crippen molar-refractivity contribution in [1.29, 1.82) is 0 Å². The summed E-state index contributed by atoms with van der Waals surface area (Å²) in [7, 11) is 0. The van der Waals surface area contributed by atoms with Crippen molar-refractivity contribution in [3.8, 4) is 0 Å². The Hall–Kier alpha value is -1.14. The normalized spacial score (nSPS) is 11.2. The molecule has 0 aliphatic rings. The van der Waals surface area contributed by atoms with E-state index >= 15 is 0 Å². The summed E-state index contributed by atoms with van der Waals surface area (Å²) in [6, 6.07) is 3.58. The number of hydrogen-bond acceptors (Lipinski definition) is 4. The van der Waals surface area contributed by atoms with Gasteiger partial charge in [0.05, 0.1) is 0 Å². The van der Waals surface area contributed by atoms with Crippen LogP contribution in [0.2, 0.25) is 0 Å². The molecule has 0 unspecified atom stereocenters. The molecule has 0 aliphatic heterocycles. The number of amides is 1. The maximum atomic E-state index is 12.2. The molecule has 0 fully saturated rings. The minimum absolute atomic E-state index is 0.107. The predicted octanol–water partition coefficient (Wildman–Crippen LogP) is 3.36. The zero-order valence-corrected chi connectivity index (χ0v) is 13.7. The van der Waals surface area contributed by atoms with Crippen molar-refractivity contribution in [2.45, 2.75) is 39.2 Å². The Labute approximate surface area is 128 Å². The van der Waals surface area contributed by atoms with E-state index < -0.39 is 11.7 Å². The molecule has 0 bridgehead atoms. The molecule has 0 aromatic carbocycles. The molecule has 1 heterocycles. The number of unbranched alkanes of at least 4 members (excludes halogenated alkanes) is 1. The molecular weight excluding hydrogens is 324 g/mol. The van der Waals surface area contributed by atoms with Crippen molar-refractivity contribution in [2.75, 3.05) is 18.1 Å². The van der Waals surface area contributed by atoms with Crippen LogP contribution in [0.5, 0.6) is 0 Å². The molecule has 0 saturated carbocycles. The van der Waals surface area contributed by atoms with E-state index in [-0.39, 0.29) is 6.61 Å². The molecule has 0 atom stereocenters. The zero-order chi connectivity index (χ0) is 15.2. The molecule has 1 N–H and O–H groups in total. The quantitative estimate of drug-likeness (QED) is 0.832. The third kappa shape index (κ3) is 5.88. The maximum absolute atomic E-state index is 12.2. The van der Waals surface area contributed by atoms with Gasteiger partial charge in [-0.05, 0) is 61.7 Å². The average Bonchev–Trinajstić information content (AvgIpc) is 2.34. The van der Waals surface area contributed by atoms with Crippen molar-refractivity contribution < 1.29 is 14.6 Å². The van der Waals surface area contributed by atoms with Gasteiger partial charge in [0.15, 0.2) is 0 Å². The Morgan fingerprint density at radius 3 is 2.60 bits per heavy atom. The molecule has 1 aromatic rings. The number of carbonyl (C=O) groups excluding carboxylic acids is 1. The lowest BCUT2D eigenvalue weighted by Crippen LogP contribution is -2.38. The number of hydrogen-bond donors (Lipinski definition) is 1. The van der Waals surface area contributed by atoms with Crippen LogP contribution >= 0.6 is 15.9 Å². The molecule has 1 amide bonds. The Balaban J connectivity index is 2.84. The van der Waals surface area contributed by atoms with Gasteiger partial charge in [-0.3, -0.25) is 4.90 Å². The summed E-state index contributed by atoms with van der Waals surface area (Å²) < 4.78 is 6.24. The van der Waals surface area contributed by atoms with Crippen LogP contribution in [0.4, 0.5) is 10.6 Å². The molecule has 0 spiro atoms. The van der Waals surface area contributed by atoms with Gasteiger partial charge in [0, 0.05) is 23.8 Å². The first kappa shape index (κ1) is 16.9. The summed E-state index contributed by atoms with van der Waals surface area (Å²) >= 11 is 3.31. The van der Waals surface area contributed by atoms with Crippen molar-refractivity contribution in [3.05, 3.63) is 22.8 Å². The highest BCUT2D eigenvalue weighted by Gasteiger charge is 2.23. The van der Waals surface area contributed by atoms with E-state index in [1.165, 1.54) is 4.90 Å². The van der Waals surface area contributed by atoms with E-state index in [2.05, 4.69) is 20.9 Å². The second-order valence-corrected chi connectivity index (χ2v) is 6.31. The van der Waals surface area contributed by atoms with Crippen LogP contribution in [0.1, 0.15) is 33.6 Å². The average molecular weight is 345 g/mol. The van der Waals surface area contributed by atoms with Crippen molar-refractivity contribution in [2.24, 2.45) is 0 Å². The molecule has 20 heavy (non-hydrogen) atoms. The summed E-state index contributed by atoms with van der Waals surface area (Å²) in [5.41, 5.74) is -0.554. The lowest BCUT2D eigenvalue weighted by atomic mass is 10.2. The van der Waals surface area contributed by atoms with E-state index in [1.807, 2.05) is 26.8 Å². The number of rotatable bonds is 5. The topological polar surface area (TPSA) is 62.7 Å². The summed E-state index contributed by atoms with van der Waals surface area (Å²) in [4.78, 5) is 17.9. The third-order valence-electron chi connectivity index (χ3n) is 2.39. The molecule has 6 heteroatoms. The maximum Gasteiger partial charge on any atom is 0.416 e. The number of halogens is 1. The Morgan fingerprint density at radius 2 is 2.10 bits per heavy atom. The number of ether oxygens (including phenoxy) is 1. The first-order valence-electron chi connectivity index (χ1n) is 6.56. The number of aliphatic hydroxyl groups is 1. The van der Waals surface area contributed by atoms with E-state index in [1.54, 1.807) is 12.3 Å². The minimum atomic E-state index is -0.554. The Bertz CT molecular complexity index is 429. The number of anilines is 1. The van der Waals surface area contributed by atoms with E-state index in [0.717, 1.165) is 4.47 Å². The second-order valence-electron chi connectivity index (χ2n) is 5.40. The summed E-state index contributed by atoms with van der Waals surface area (Å²) in [5.74, 6) is 0.542. The van der Waals surface area contributed by atoms with Gasteiger partial charge >= 0.3 is 6.09 Å². The van der Waals surface area contributed by atoms with Crippen LogP contribution in [0.15, 0.2) is 22.8 Å². The van der Waals surface area contributed by atoms with Gasteiger partial charge in [0.1, 0.15) is 11.4 Å². The van der Waals surface area contributed by atoms with Gasteiger partial charge in [-0.25, -0.2) is 9.78 Å². The molecule has 5 nitrogen and oxygen atoms in total. The lowest BCUT2D eigenvalue weighted by molar-refractivity contribution is 0.0578. The van der Waals surface area contributed by atoms with Gasteiger partial charge in [0.25, 0.3) is 0 Å². The molecule has 0 saturated heterocycles. The highest BCUT2D eigenvalue weighted by Crippen LogP contribution is 2.18. The number of pyridine rings is 1. The van der Waals surface area contributed by atoms with Crippen LogP contribution < -0.4 is 4.90 Å². The molecule has 0 aliphatic carbocycles. The minimum Gasteiger partial charge on any atom is -0.443 e. The summed E-state index contributed by atoms with van der Waals surface area (Å²) in [6.07, 6.45) is 2.53. The van der Waals surface area contributed by atoms with Crippen molar-refractivity contribution in [1.82, 2.24) is 4.98 Å². The highest BCUT2D eigenvalue weighted by molar-refractivity contribution is 9.10. The fraction of sp³-hybridized carbons (Fsp3) is 0.571. The second kappa shape index (κ2) is 7.59. The van der Waals surface area contributed by atoms with Gasteiger partial charge in [-0.1, -0.05) is 0 Å². The van der Waals surface area contributed by atoms with E-state index in [4.69, 9.17) is 9.84 Å². The van der Waals surface area contributed by atoms with Crippen LogP contribution in [0, 0.1) is 0 Å². The van der Waals surface area contributed by atoms with E-state index in [0.29, 0.717) is 25.2 Å². The smallest absolute Gasteiger partial charge is 0.416 e. The highest BCUT2D eigenvalue weighted by atomic mass is 79.9. The monoisotopic (exact) mass is 344 g/mol. The van der Waals surface area contributed by atoms with E-state index in [9.17, 15) is 4.79 Å². The van der Waals surface area contributed by atoms with Gasteiger partial charge < -0.3 is 9.84 Å². The molecule has 1 rings (SSSR count). The standard InChI is InChI=1S/C14H21BrN2O3/c1-14(2,3)20-13(19)17(8-4-5-9-18)12-7-6-11(15)10-16-12/h6-7,10,18H,4-5,8-9H2,1-3H3. The van der Waals surface area contributed by atoms with Crippen LogP contribution in [-0.2, 0) is 4.74 Å². The van der Waals surface area contributed by atoms with Crippen molar-refractivity contribution >= 4 is 27.8 Å². The number of nitrogens with zero attached hydrogens (tertiary/aromatic N) is 2. The fourth-order valence-electron chi connectivity index (χ4n) is 1.53. The lowest BCUT2D eigenvalue weighted by Gasteiger charge is -2.26. The molecule has 1 aromatic heterocycles. The zero-order valence-electron chi connectivity index (χ0n) is 12.1. The van der Waals surface area contributed by atoms with Crippen molar-refractivity contribution in [3.63, 3.8) is 0 Å². The molecular formula is C14H21BrN2O3. The molecule has 112 valence electrons. The SMILES string of the molecule is CC(C)(C)OC(=O)N(CCCCO)c1ccc(Br)cn1. The number of aromatic nitrogens is 1. The predicted molar refractivity (Wildman–Crippen MR) is 81.8 cm³/mol. The molecule has 0 radical (unpaired) electrons. The largest absolute Gasteiger partial charge is 0.443 e. The fourth-order valence-corrected chi connectivity index (χ4v) is 1.76. The number of aliphatic hydroxyl groups excluding tert-OH is 1. The van der Waals surface area contributed by atoms with Crippen LogP contribution in [0.25, 0.3) is 0 Å². The first-order valence-corrected chi connectivity index (χ1v) is 7.36. The van der Waals surface area contributed by atoms with Crippen LogP contribution in [0.3, 0.4) is 0 Å². The van der Waals surface area contributed by atoms with Gasteiger partial charge in [0.2, 0.25) is 0 Å². The summed E-state index contributed by atoms with van der Waals surface area (Å²) in [5, 5.41) is 8.85. The van der Waals surface area contributed by atoms with Crippen LogP contribution in [-0.4, -0.2) is 34.9 Å². The Kier molecular flexibility index (Phi) is 6.42. The third-order valence-corrected chi connectivity index (χ3v) is 2.86.